The number of hydrogen-bond acceptors (Lipinski definition) is 3. The number of hydrogen-bond donors (Lipinski definition) is 1. The predicted molar refractivity (Wildman–Crippen MR) is 99.5 cm³/mol. The number of nitrogens with zero attached hydrogens (tertiary/aromatic N) is 1. The van der Waals surface area contributed by atoms with Gasteiger partial charge in [0.15, 0.2) is 0 Å². The third-order valence-electron chi connectivity index (χ3n) is 6.03. The summed E-state index contributed by atoms with van der Waals surface area (Å²) in [5.41, 5.74) is 0.866. The van der Waals surface area contributed by atoms with Gasteiger partial charge in [0.1, 0.15) is 11.6 Å². The zero-order valence-corrected chi connectivity index (χ0v) is 15.2. The van der Waals surface area contributed by atoms with Crippen molar-refractivity contribution in [3.8, 4) is 5.75 Å². The van der Waals surface area contributed by atoms with Gasteiger partial charge in [-0.2, -0.15) is 0 Å². The number of halogens is 1. The molecule has 26 heavy (non-hydrogen) atoms. The molecule has 1 N–H and O–H groups in total. The van der Waals surface area contributed by atoms with Gasteiger partial charge >= 0.3 is 0 Å². The Morgan fingerprint density at radius 1 is 1.12 bits per heavy atom. The Kier molecular flexibility index (Phi) is 4.72. The minimum atomic E-state index is -1.03. The average Bonchev–Trinajstić information content (AvgIpc) is 2.63. The molecule has 0 radical (unpaired) electrons. The summed E-state index contributed by atoms with van der Waals surface area (Å²) in [6.45, 7) is 0.909. The maximum atomic E-state index is 13.9. The molecule has 0 aliphatic carbocycles. The molecule has 0 amide bonds. The molecule has 0 spiro atoms. The number of aliphatic hydroxyl groups is 1. The summed E-state index contributed by atoms with van der Waals surface area (Å²) >= 11 is 0. The van der Waals surface area contributed by atoms with Crippen molar-refractivity contribution in [2.45, 2.75) is 56.3 Å². The second-order valence-corrected chi connectivity index (χ2v) is 7.68. The topological polar surface area (TPSA) is 32.7 Å². The molecular weight excluding hydrogens is 329 g/mol. The second kappa shape index (κ2) is 7.01. The molecule has 2 unspecified atom stereocenters. The molecule has 2 saturated heterocycles. The smallest absolute Gasteiger partial charge is 0.125 e. The van der Waals surface area contributed by atoms with Crippen molar-refractivity contribution in [2.75, 3.05) is 7.11 Å². The van der Waals surface area contributed by atoms with Crippen LogP contribution in [-0.2, 0) is 12.1 Å². The molecule has 2 aromatic rings. The fourth-order valence-corrected chi connectivity index (χ4v) is 4.84. The van der Waals surface area contributed by atoms with Crippen LogP contribution in [0.3, 0.4) is 0 Å². The molecule has 3 nitrogen and oxygen atoms in total. The van der Waals surface area contributed by atoms with Crippen LogP contribution in [0.2, 0.25) is 0 Å². The maximum Gasteiger partial charge on any atom is 0.125 e. The van der Waals surface area contributed by atoms with Gasteiger partial charge in [-0.15, -0.1) is 0 Å². The zero-order chi connectivity index (χ0) is 18.1. The van der Waals surface area contributed by atoms with Crippen molar-refractivity contribution in [1.82, 2.24) is 4.90 Å². The van der Waals surface area contributed by atoms with Crippen molar-refractivity contribution >= 4 is 0 Å². The molecule has 4 rings (SSSR count). The van der Waals surface area contributed by atoms with E-state index in [4.69, 9.17) is 4.74 Å². The fourth-order valence-electron chi connectivity index (χ4n) is 4.84. The van der Waals surface area contributed by atoms with E-state index in [-0.39, 0.29) is 5.82 Å². The van der Waals surface area contributed by atoms with Gasteiger partial charge in [0.2, 0.25) is 0 Å². The SMILES string of the molecule is COc1ccc(F)cc1C1(O)CC2CCCC(C1)N2Cc1ccccc1. The highest BCUT2D eigenvalue weighted by Crippen LogP contribution is 2.47. The molecule has 2 atom stereocenters. The van der Waals surface area contributed by atoms with Crippen molar-refractivity contribution in [1.29, 1.82) is 0 Å². The summed E-state index contributed by atoms with van der Waals surface area (Å²) in [5.74, 6) is 0.245. The van der Waals surface area contributed by atoms with E-state index in [2.05, 4.69) is 29.2 Å². The van der Waals surface area contributed by atoms with E-state index in [1.54, 1.807) is 13.2 Å². The summed E-state index contributed by atoms with van der Waals surface area (Å²) in [6, 6.07) is 15.6. The first-order valence-corrected chi connectivity index (χ1v) is 9.45. The Hall–Kier alpha value is -1.91. The second-order valence-electron chi connectivity index (χ2n) is 7.68. The maximum absolute atomic E-state index is 13.9. The van der Waals surface area contributed by atoms with Crippen LogP contribution < -0.4 is 4.74 Å². The minimum Gasteiger partial charge on any atom is -0.496 e. The van der Waals surface area contributed by atoms with Crippen LogP contribution >= 0.6 is 0 Å². The number of benzene rings is 2. The van der Waals surface area contributed by atoms with Crippen molar-refractivity contribution in [2.24, 2.45) is 0 Å². The first kappa shape index (κ1) is 17.5. The van der Waals surface area contributed by atoms with Crippen molar-refractivity contribution in [3.05, 3.63) is 65.5 Å². The number of piperidine rings is 2. The van der Waals surface area contributed by atoms with E-state index in [9.17, 15) is 9.50 Å². The Bertz CT molecular complexity index is 750. The molecule has 138 valence electrons. The number of methoxy groups -OCH3 is 1. The molecule has 4 heteroatoms. The van der Waals surface area contributed by atoms with Gasteiger partial charge in [0, 0.05) is 24.2 Å². The van der Waals surface area contributed by atoms with E-state index in [1.165, 1.54) is 24.1 Å². The number of ether oxygens (including phenoxy) is 1. The van der Waals surface area contributed by atoms with Gasteiger partial charge in [-0.25, -0.2) is 4.39 Å². The van der Waals surface area contributed by atoms with Crippen LogP contribution in [-0.4, -0.2) is 29.2 Å². The Labute approximate surface area is 154 Å². The molecule has 2 fully saturated rings. The van der Waals surface area contributed by atoms with Crippen molar-refractivity contribution < 1.29 is 14.2 Å². The Balaban J connectivity index is 1.62. The van der Waals surface area contributed by atoms with Crippen LogP contribution in [0.15, 0.2) is 48.5 Å². The normalized spacial score (nSPS) is 28.7. The lowest BCUT2D eigenvalue weighted by Crippen LogP contribution is -2.56. The molecule has 2 aliphatic heterocycles. The summed E-state index contributed by atoms with van der Waals surface area (Å²) in [4.78, 5) is 2.54. The lowest BCUT2D eigenvalue weighted by Gasteiger charge is -2.52. The zero-order valence-electron chi connectivity index (χ0n) is 15.2. The van der Waals surface area contributed by atoms with E-state index in [0.717, 1.165) is 19.4 Å². The largest absolute Gasteiger partial charge is 0.496 e. The minimum absolute atomic E-state index is 0.306. The molecule has 0 saturated carbocycles. The van der Waals surface area contributed by atoms with Gasteiger partial charge in [0.05, 0.1) is 12.7 Å². The molecule has 0 aromatic heterocycles. The Morgan fingerprint density at radius 3 is 2.46 bits per heavy atom. The first-order valence-electron chi connectivity index (χ1n) is 9.45. The van der Waals surface area contributed by atoms with E-state index in [0.29, 0.717) is 36.2 Å². The van der Waals surface area contributed by atoms with Gasteiger partial charge < -0.3 is 9.84 Å². The van der Waals surface area contributed by atoms with Gasteiger partial charge in [0.25, 0.3) is 0 Å². The van der Waals surface area contributed by atoms with Gasteiger partial charge in [-0.1, -0.05) is 36.8 Å². The molecule has 2 aromatic carbocycles. The third kappa shape index (κ3) is 3.24. The fraction of sp³-hybridized carbons (Fsp3) is 0.455. The van der Waals surface area contributed by atoms with Crippen LogP contribution in [0.4, 0.5) is 4.39 Å². The van der Waals surface area contributed by atoms with E-state index >= 15 is 0 Å². The summed E-state index contributed by atoms with van der Waals surface area (Å²) in [7, 11) is 1.57. The summed E-state index contributed by atoms with van der Waals surface area (Å²) < 4.78 is 19.3. The lowest BCUT2D eigenvalue weighted by molar-refractivity contribution is -0.101. The highest BCUT2D eigenvalue weighted by molar-refractivity contribution is 5.39. The summed E-state index contributed by atoms with van der Waals surface area (Å²) in [6.07, 6.45) is 4.58. The third-order valence-corrected chi connectivity index (χ3v) is 6.03. The summed E-state index contributed by atoms with van der Waals surface area (Å²) in [5, 5.41) is 11.5. The highest BCUT2D eigenvalue weighted by Gasteiger charge is 2.47. The lowest BCUT2D eigenvalue weighted by atomic mass is 9.72. The number of rotatable bonds is 4. The predicted octanol–water partition coefficient (Wildman–Crippen LogP) is 4.24. The Morgan fingerprint density at radius 2 is 1.81 bits per heavy atom. The van der Waals surface area contributed by atoms with Crippen LogP contribution in [0.25, 0.3) is 0 Å². The molecular formula is C22H26FNO2. The standard InChI is InChI=1S/C22H26FNO2/c1-26-21-11-10-17(23)12-20(21)22(25)13-18-8-5-9-19(14-22)24(18)15-16-6-3-2-4-7-16/h2-4,6-7,10-12,18-19,25H,5,8-9,13-15H2,1H3. The van der Waals surface area contributed by atoms with Gasteiger partial charge in [-0.3, -0.25) is 4.90 Å². The van der Waals surface area contributed by atoms with Crippen LogP contribution in [0, 0.1) is 5.82 Å². The first-order chi connectivity index (χ1) is 12.6. The van der Waals surface area contributed by atoms with Crippen LogP contribution in [0.1, 0.15) is 43.2 Å². The monoisotopic (exact) mass is 355 g/mol. The highest BCUT2D eigenvalue weighted by atomic mass is 19.1. The molecule has 2 heterocycles. The molecule has 2 bridgehead atoms. The quantitative estimate of drug-likeness (QED) is 0.890. The number of fused-ring (bicyclic) bond motifs is 2. The van der Waals surface area contributed by atoms with E-state index in [1.807, 2.05) is 6.07 Å². The van der Waals surface area contributed by atoms with Crippen LogP contribution in [0.5, 0.6) is 5.75 Å². The van der Waals surface area contributed by atoms with Crippen molar-refractivity contribution in [3.63, 3.8) is 0 Å². The average molecular weight is 355 g/mol. The van der Waals surface area contributed by atoms with Gasteiger partial charge in [-0.05, 0) is 49.4 Å². The van der Waals surface area contributed by atoms with E-state index < -0.39 is 5.60 Å². The molecule has 2 aliphatic rings.